The van der Waals surface area contributed by atoms with E-state index in [0.29, 0.717) is 24.0 Å². The number of alkyl carbamates (subject to hydrolysis) is 1. The summed E-state index contributed by atoms with van der Waals surface area (Å²) in [5, 5.41) is 14.9. The lowest BCUT2D eigenvalue weighted by Gasteiger charge is -2.36. The molecule has 2 saturated carbocycles. The van der Waals surface area contributed by atoms with Crippen LogP contribution in [0.4, 0.5) is 4.79 Å². The van der Waals surface area contributed by atoms with Gasteiger partial charge in [-0.15, -0.1) is 16.8 Å². The summed E-state index contributed by atoms with van der Waals surface area (Å²) in [6.07, 6.45) is 5.88. The van der Waals surface area contributed by atoms with Gasteiger partial charge in [-0.2, -0.15) is 0 Å². The molecule has 16 nitrogen and oxygen atoms in total. The standard InChI is InChI=1S/C36H46N8O8S/c1-8-21-18-36(21,32(47)42-53(49,50)23-13-14-23)39-29(45)26-17-22(19-44(26)31(46)27(34(2,3)4)38-33(48)52-35(5,6)7)51-30-25-12-10-9-11-24(25)28(40-41-30)43-16-15-37-20-43/h8-12,15-16,20-23,26-27H,1,13-14,17-19H2,2-7H3,(H,38,48)(H,39,45)(H,42,47)/t21-,22-,26-,27-,36+/m1/s1. The number of benzene rings is 1. The highest BCUT2D eigenvalue weighted by Gasteiger charge is 2.62. The molecule has 4 amide bonds. The van der Waals surface area contributed by atoms with Gasteiger partial charge in [-0.1, -0.05) is 45.0 Å². The molecule has 3 fully saturated rings. The maximum absolute atomic E-state index is 14.5. The fraction of sp³-hybridized carbons (Fsp3) is 0.528. The molecule has 3 aromatic rings. The Morgan fingerprint density at radius 1 is 1.06 bits per heavy atom. The summed E-state index contributed by atoms with van der Waals surface area (Å²) < 4.78 is 41.1. The van der Waals surface area contributed by atoms with Gasteiger partial charge in [0.25, 0.3) is 5.91 Å². The molecule has 17 heteroatoms. The summed E-state index contributed by atoms with van der Waals surface area (Å²) >= 11 is 0. The van der Waals surface area contributed by atoms with E-state index in [2.05, 4.69) is 37.1 Å². The van der Waals surface area contributed by atoms with E-state index in [9.17, 15) is 27.6 Å². The van der Waals surface area contributed by atoms with Gasteiger partial charge in [-0.25, -0.2) is 18.2 Å². The lowest BCUT2D eigenvalue weighted by Crippen LogP contribution is -2.60. The van der Waals surface area contributed by atoms with Crippen molar-refractivity contribution in [2.45, 2.75) is 102 Å². The number of likely N-dealkylation sites (tertiary alicyclic amines) is 1. The highest BCUT2D eigenvalue weighted by molar-refractivity contribution is 7.91. The third-order valence-corrected chi connectivity index (χ3v) is 11.4. The number of carbonyl (C=O) groups excluding carboxylic acids is 4. The van der Waals surface area contributed by atoms with Crippen LogP contribution in [0.2, 0.25) is 0 Å². The number of carbonyl (C=O) groups is 4. The number of ether oxygens (including phenoxy) is 2. The second-order valence-corrected chi connectivity index (χ2v) is 17.9. The van der Waals surface area contributed by atoms with Gasteiger partial charge in [-0.05, 0) is 51.5 Å². The molecular formula is C36H46N8O8S. The second-order valence-electron chi connectivity index (χ2n) is 16.0. The van der Waals surface area contributed by atoms with Crippen LogP contribution in [0.15, 0.2) is 55.6 Å². The number of nitrogens with zero attached hydrogens (tertiary/aromatic N) is 5. The van der Waals surface area contributed by atoms with Crippen LogP contribution < -0.4 is 20.1 Å². The van der Waals surface area contributed by atoms with E-state index < -0.39 is 79.7 Å². The Bertz CT molecular complexity index is 2040. The number of imidazole rings is 1. The van der Waals surface area contributed by atoms with Crippen molar-refractivity contribution in [3.63, 3.8) is 0 Å². The second kappa shape index (κ2) is 13.7. The third-order valence-electron chi connectivity index (χ3n) is 9.53. The molecule has 3 aliphatic rings. The molecule has 3 N–H and O–H groups in total. The van der Waals surface area contributed by atoms with Crippen LogP contribution in [0.3, 0.4) is 0 Å². The summed E-state index contributed by atoms with van der Waals surface area (Å²) in [5.41, 5.74) is -3.24. The molecular weight excluding hydrogens is 705 g/mol. The van der Waals surface area contributed by atoms with Gasteiger partial charge in [-0.3, -0.25) is 23.7 Å². The first-order valence-electron chi connectivity index (χ1n) is 17.5. The van der Waals surface area contributed by atoms with Crippen LogP contribution >= 0.6 is 0 Å². The minimum Gasteiger partial charge on any atom is -0.471 e. The molecule has 53 heavy (non-hydrogen) atoms. The van der Waals surface area contributed by atoms with Gasteiger partial charge in [0.15, 0.2) is 5.82 Å². The first-order chi connectivity index (χ1) is 24.8. The largest absolute Gasteiger partial charge is 0.471 e. The van der Waals surface area contributed by atoms with Crippen LogP contribution in [0.25, 0.3) is 16.6 Å². The molecule has 0 bridgehead atoms. The average molecular weight is 751 g/mol. The van der Waals surface area contributed by atoms with Crippen molar-refractivity contribution in [1.29, 1.82) is 0 Å². The molecule has 0 spiro atoms. The summed E-state index contributed by atoms with van der Waals surface area (Å²) in [4.78, 5) is 60.7. The molecule has 6 rings (SSSR count). The SMILES string of the molecule is C=C[C@@H]1C[C@@]1(NC(=O)[C@H]1C[C@@H](Oc2nnc(-n3ccnc3)c3ccccc23)CN1C(=O)[C@@H](NC(=O)OC(C)(C)C)C(C)(C)C)C(=O)NS(=O)(=O)C1CC1. The number of aromatic nitrogens is 4. The van der Waals surface area contributed by atoms with Crippen LogP contribution in [0, 0.1) is 11.3 Å². The van der Waals surface area contributed by atoms with Gasteiger partial charge in [0.2, 0.25) is 27.7 Å². The summed E-state index contributed by atoms with van der Waals surface area (Å²) in [6.45, 7) is 14.1. The van der Waals surface area contributed by atoms with Crippen LogP contribution in [0.1, 0.15) is 67.2 Å². The number of nitrogens with one attached hydrogen (secondary N) is 3. The Kier molecular flexibility index (Phi) is 9.76. The maximum Gasteiger partial charge on any atom is 0.408 e. The lowest BCUT2D eigenvalue weighted by atomic mass is 9.85. The third kappa shape index (κ3) is 7.99. The zero-order valence-corrected chi connectivity index (χ0v) is 31.5. The number of fused-ring (bicyclic) bond motifs is 1. The Balaban J connectivity index is 1.31. The normalized spacial score (nSPS) is 23.5. The summed E-state index contributed by atoms with van der Waals surface area (Å²) in [6, 6.07) is 5.05. The van der Waals surface area contributed by atoms with Gasteiger partial charge in [0.1, 0.15) is 35.7 Å². The molecule has 1 saturated heterocycles. The number of hydrogen-bond acceptors (Lipinski definition) is 11. The first kappa shape index (κ1) is 37.7. The highest BCUT2D eigenvalue weighted by atomic mass is 32.2. The molecule has 0 unspecified atom stereocenters. The summed E-state index contributed by atoms with van der Waals surface area (Å²) in [7, 11) is -3.91. The minimum atomic E-state index is -3.91. The van der Waals surface area contributed by atoms with Gasteiger partial charge in [0.05, 0.1) is 11.8 Å². The van der Waals surface area contributed by atoms with Crippen molar-refractivity contribution in [2.75, 3.05) is 6.54 Å². The predicted molar refractivity (Wildman–Crippen MR) is 193 cm³/mol. The fourth-order valence-corrected chi connectivity index (χ4v) is 7.88. The zero-order valence-electron chi connectivity index (χ0n) is 30.7. The zero-order chi connectivity index (χ0) is 38.5. The monoisotopic (exact) mass is 750 g/mol. The van der Waals surface area contributed by atoms with Crippen LogP contribution in [-0.4, -0.2) is 98.0 Å². The molecule has 284 valence electrons. The Morgan fingerprint density at radius 3 is 2.34 bits per heavy atom. The highest BCUT2D eigenvalue weighted by Crippen LogP contribution is 2.45. The van der Waals surface area contributed by atoms with E-state index in [1.807, 2.05) is 24.3 Å². The first-order valence-corrected chi connectivity index (χ1v) is 19.1. The molecule has 5 atom stereocenters. The van der Waals surface area contributed by atoms with Crippen molar-refractivity contribution >= 4 is 44.6 Å². The number of hydrogen-bond donors (Lipinski definition) is 3. The molecule has 3 heterocycles. The quantitative estimate of drug-likeness (QED) is 0.243. The van der Waals surface area contributed by atoms with E-state index in [1.54, 1.807) is 64.8 Å². The molecule has 0 radical (unpaired) electrons. The van der Waals surface area contributed by atoms with Crippen molar-refractivity contribution in [3.05, 3.63) is 55.6 Å². The summed E-state index contributed by atoms with van der Waals surface area (Å²) in [5.74, 6) is -1.95. The lowest BCUT2D eigenvalue weighted by molar-refractivity contribution is -0.143. The smallest absolute Gasteiger partial charge is 0.408 e. The predicted octanol–water partition coefficient (Wildman–Crippen LogP) is 2.77. The van der Waals surface area contributed by atoms with E-state index in [-0.39, 0.29) is 25.3 Å². The molecule has 2 aromatic heterocycles. The van der Waals surface area contributed by atoms with Crippen molar-refractivity contribution < 1.29 is 37.1 Å². The minimum absolute atomic E-state index is 0.0169. The van der Waals surface area contributed by atoms with Gasteiger partial charge < -0.3 is 25.0 Å². The number of rotatable bonds is 11. The van der Waals surface area contributed by atoms with Crippen LogP contribution in [0.5, 0.6) is 5.88 Å². The Morgan fingerprint density at radius 2 is 1.75 bits per heavy atom. The van der Waals surface area contributed by atoms with Gasteiger partial charge >= 0.3 is 6.09 Å². The number of sulfonamides is 1. The van der Waals surface area contributed by atoms with Crippen molar-refractivity contribution in [1.82, 2.24) is 40.0 Å². The average Bonchev–Trinajstić information content (AvgIpc) is 3.95. The van der Waals surface area contributed by atoms with Crippen LogP contribution in [-0.2, 0) is 29.1 Å². The molecule has 1 aliphatic heterocycles. The van der Waals surface area contributed by atoms with E-state index in [0.717, 1.165) is 5.39 Å². The number of amides is 4. The molecule has 1 aromatic carbocycles. The maximum atomic E-state index is 14.5. The van der Waals surface area contributed by atoms with E-state index in [4.69, 9.17) is 9.47 Å². The van der Waals surface area contributed by atoms with E-state index in [1.165, 1.54) is 11.0 Å². The van der Waals surface area contributed by atoms with Crippen molar-refractivity contribution in [3.8, 4) is 11.7 Å². The fourth-order valence-electron chi connectivity index (χ4n) is 6.52. The Labute approximate surface area is 308 Å². The topological polar surface area (TPSA) is 204 Å². The van der Waals surface area contributed by atoms with Crippen molar-refractivity contribution in [2.24, 2.45) is 11.3 Å². The Hall–Kier alpha value is -5.06. The molecule has 2 aliphatic carbocycles. The van der Waals surface area contributed by atoms with Gasteiger partial charge in [0, 0.05) is 35.5 Å². The van der Waals surface area contributed by atoms with E-state index >= 15 is 0 Å².